The van der Waals surface area contributed by atoms with Gasteiger partial charge in [0.05, 0.1) is 6.42 Å². The number of carbonyl (C=O) groups is 3. The van der Waals surface area contributed by atoms with E-state index in [4.69, 9.17) is 24.5 Å². The summed E-state index contributed by atoms with van der Waals surface area (Å²) in [6.07, 6.45) is 5.56. The van der Waals surface area contributed by atoms with Gasteiger partial charge >= 0.3 is 17.9 Å². The molecule has 1 fully saturated rings. The Balaban J connectivity index is 0.000000534. The zero-order chi connectivity index (χ0) is 23.2. The monoisotopic (exact) mass is 441 g/mol. The van der Waals surface area contributed by atoms with Crippen LogP contribution in [0.1, 0.15) is 49.1 Å². The smallest absolute Gasteiger partial charge is 0.414 e. The number of nitrogens with zero attached hydrogens (tertiary/aromatic N) is 1. The number of carbonyl (C=O) groups excluding carboxylic acids is 1. The highest BCUT2D eigenvalue weighted by Crippen LogP contribution is 2.28. The number of hydrogen-bond acceptors (Lipinski definition) is 5. The summed E-state index contributed by atoms with van der Waals surface area (Å²) in [4.78, 5) is 33.1. The number of rotatable bonds is 7. The quantitative estimate of drug-likeness (QED) is 0.498. The fourth-order valence-corrected chi connectivity index (χ4v) is 3.67. The van der Waals surface area contributed by atoms with Crippen molar-refractivity contribution in [3.05, 3.63) is 71.8 Å². The molecule has 0 atom stereocenters. The summed E-state index contributed by atoms with van der Waals surface area (Å²) in [6.45, 7) is 3.62. The molecular formula is C25H31NO6. The Bertz CT molecular complexity index is 781. The van der Waals surface area contributed by atoms with E-state index in [1.165, 1.54) is 25.7 Å². The molecule has 0 bridgehead atoms. The van der Waals surface area contributed by atoms with Gasteiger partial charge in [0.1, 0.15) is 6.61 Å². The van der Waals surface area contributed by atoms with E-state index < -0.39 is 11.9 Å². The Morgan fingerprint density at radius 1 is 0.781 bits per heavy atom. The molecule has 172 valence electrons. The number of hydrogen-bond donors (Lipinski definition) is 2. The van der Waals surface area contributed by atoms with Gasteiger partial charge in [0, 0.05) is 12.5 Å². The van der Waals surface area contributed by atoms with Crippen LogP contribution in [0.15, 0.2) is 60.7 Å². The van der Waals surface area contributed by atoms with Crippen LogP contribution in [0, 0.1) is 0 Å². The minimum Gasteiger partial charge on any atom is -0.473 e. The first-order valence-electron chi connectivity index (χ1n) is 10.9. The van der Waals surface area contributed by atoms with Crippen molar-refractivity contribution in [2.45, 2.75) is 38.0 Å². The summed E-state index contributed by atoms with van der Waals surface area (Å²) in [5, 5.41) is 14.8. The van der Waals surface area contributed by atoms with Crippen molar-refractivity contribution in [3.8, 4) is 0 Å². The first-order chi connectivity index (χ1) is 15.5. The SMILES string of the molecule is O=C(CC(c1ccccc1)c1ccccc1)OCCN1CCCCCC1.O=C(O)C(=O)O. The minimum absolute atomic E-state index is 0.0445. The molecule has 3 rings (SSSR count). The second-order valence-corrected chi connectivity index (χ2v) is 7.66. The normalized spacial score (nSPS) is 14.0. The number of benzene rings is 2. The Labute approximate surface area is 188 Å². The van der Waals surface area contributed by atoms with Gasteiger partial charge in [0.25, 0.3) is 0 Å². The van der Waals surface area contributed by atoms with Crippen LogP contribution in [0.5, 0.6) is 0 Å². The molecule has 1 saturated heterocycles. The summed E-state index contributed by atoms with van der Waals surface area (Å²) in [5.74, 6) is -3.72. The van der Waals surface area contributed by atoms with Crippen LogP contribution in [-0.4, -0.2) is 59.3 Å². The molecule has 1 heterocycles. The molecule has 1 aliphatic rings. The van der Waals surface area contributed by atoms with E-state index in [-0.39, 0.29) is 11.9 Å². The van der Waals surface area contributed by atoms with Gasteiger partial charge in [0.2, 0.25) is 0 Å². The van der Waals surface area contributed by atoms with Crippen LogP contribution in [0.3, 0.4) is 0 Å². The molecule has 0 spiro atoms. The molecule has 7 heteroatoms. The van der Waals surface area contributed by atoms with E-state index in [9.17, 15) is 4.79 Å². The van der Waals surface area contributed by atoms with Gasteiger partial charge < -0.3 is 14.9 Å². The molecular weight excluding hydrogens is 410 g/mol. The van der Waals surface area contributed by atoms with Crippen molar-refractivity contribution >= 4 is 17.9 Å². The highest BCUT2D eigenvalue weighted by molar-refractivity contribution is 6.27. The van der Waals surface area contributed by atoms with Gasteiger partial charge in [0.15, 0.2) is 0 Å². The summed E-state index contributed by atoms with van der Waals surface area (Å²) < 4.78 is 5.58. The van der Waals surface area contributed by atoms with Crippen LogP contribution in [0.2, 0.25) is 0 Å². The molecule has 32 heavy (non-hydrogen) atoms. The standard InChI is InChI=1S/C23H29NO2.C2H2O4/c25-23(26-18-17-24-15-9-1-2-10-16-24)19-22(20-11-5-3-6-12-20)21-13-7-4-8-14-21;3-1(4)2(5)6/h3-8,11-14,22H,1-2,9-10,15-19H2;(H,3,4)(H,5,6). The van der Waals surface area contributed by atoms with Gasteiger partial charge in [-0.25, -0.2) is 9.59 Å². The van der Waals surface area contributed by atoms with Crippen molar-refractivity contribution in [1.82, 2.24) is 4.90 Å². The van der Waals surface area contributed by atoms with Crippen LogP contribution in [0.25, 0.3) is 0 Å². The molecule has 7 nitrogen and oxygen atoms in total. The minimum atomic E-state index is -1.82. The van der Waals surface area contributed by atoms with E-state index in [1.807, 2.05) is 36.4 Å². The van der Waals surface area contributed by atoms with Gasteiger partial charge in [-0.1, -0.05) is 73.5 Å². The predicted octanol–water partition coefficient (Wildman–Crippen LogP) is 3.78. The van der Waals surface area contributed by atoms with Gasteiger partial charge in [-0.3, -0.25) is 9.69 Å². The Morgan fingerprint density at radius 2 is 1.25 bits per heavy atom. The fourth-order valence-electron chi connectivity index (χ4n) is 3.67. The summed E-state index contributed by atoms with van der Waals surface area (Å²) >= 11 is 0. The number of ether oxygens (including phenoxy) is 1. The van der Waals surface area contributed by atoms with Gasteiger partial charge in [-0.05, 0) is 37.1 Å². The number of carboxylic acids is 2. The lowest BCUT2D eigenvalue weighted by molar-refractivity contribution is -0.159. The molecule has 2 N–H and O–H groups in total. The molecule has 0 saturated carbocycles. The summed E-state index contributed by atoms with van der Waals surface area (Å²) in [6, 6.07) is 20.4. The average Bonchev–Trinajstić information content (AvgIpc) is 3.08. The maximum Gasteiger partial charge on any atom is 0.414 e. The topological polar surface area (TPSA) is 104 Å². The highest BCUT2D eigenvalue weighted by Gasteiger charge is 2.19. The van der Waals surface area contributed by atoms with Gasteiger partial charge in [-0.15, -0.1) is 0 Å². The number of esters is 1. The number of likely N-dealkylation sites (tertiary alicyclic amines) is 1. The first-order valence-corrected chi connectivity index (χ1v) is 10.9. The lowest BCUT2D eigenvalue weighted by atomic mass is 9.89. The lowest BCUT2D eigenvalue weighted by Crippen LogP contribution is -2.29. The number of carboxylic acid groups (broad SMARTS) is 2. The van der Waals surface area contributed by atoms with Crippen LogP contribution in [0.4, 0.5) is 0 Å². The predicted molar refractivity (Wildman–Crippen MR) is 120 cm³/mol. The van der Waals surface area contributed by atoms with E-state index in [0.29, 0.717) is 13.0 Å². The van der Waals surface area contributed by atoms with E-state index in [2.05, 4.69) is 29.2 Å². The summed E-state index contributed by atoms with van der Waals surface area (Å²) in [5.41, 5.74) is 2.31. The third kappa shape index (κ3) is 9.31. The third-order valence-electron chi connectivity index (χ3n) is 5.33. The zero-order valence-electron chi connectivity index (χ0n) is 18.2. The number of aliphatic carboxylic acids is 2. The maximum atomic E-state index is 12.5. The average molecular weight is 442 g/mol. The van der Waals surface area contributed by atoms with E-state index >= 15 is 0 Å². The second kappa shape index (κ2) is 14.0. The Kier molecular flexibility index (Phi) is 11.0. The van der Waals surface area contributed by atoms with E-state index in [1.54, 1.807) is 0 Å². The van der Waals surface area contributed by atoms with Crippen LogP contribution in [-0.2, 0) is 19.1 Å². The maximum absolute atomic E-state index is 12.5. The van der Waals surface area contributed by atoms with E-state index in [0.717, 1.165) is 30.8 Å². The van der Waals surface area contributed by atoms with Crippen molar-refractivity contribution in [2.75, 3.05) is 26.2 Å². The second-order valence-electron chi connectivity index (χ2n) is 7.66. The lowest BCUT2D eigenvalue weighted by Gasteiger charge is -2.20. The van der Waals surface area contributed by atoms with Gasteiger partial charge in [-0.2, -0.15) is 0 Å². The van der Waals surface area contributed by atoms with Crippen molar-refractivity contribution < 1.29 is 29.3 Å². The van der Waals surface area contributed by atoms with Crippen molar-refractivity contribution in [3.63, 3.8) is 0 Å². The van der Waals surface area contributed by atoms with Crippen molar-refractivity contribution in [2.24, 2.45) is 0 Å². The Hall–Kier alpha value is -3.19. The first kappa shape index (κ1) is 25.1. The molecule has 1 aliphatic heterocycles. The largest absolute Gasteiger partial charge is 0.473 e. The fraction of sp³-hybridized carbons (Fsp3) is 0.400. The van der Waals surface area contributed by atoms with Crippen LogP contribution < -0.4 is 0 Å². The molecule has 2 aromatic rings. The third-order valence-corrected chi connectivity index (χ3v) is 5.33. The molecule has 0 aromatic heterocycles. The molecule has 0 radical (unpaired) electrons. The molecule has 2 aromatic carbocycles. The summed E-state index contributed by atoms with van der Waals surface area (Å²) in [7, 11) is 0. The molecule has 0 unspecified atom stereocenters. The highest BCUT2D eigenvalue weighted by atomic mass is 16.5. The van der Waals surface area contributed by atoms with Crippen LogP contribution >= 0.6 is 0 Å². The zero-order valence-corrected chi connectivity index (χ0v) is 18.2. The molecule has 0 aliphatic carbocycles. The van der Waals surface area contributed by atoms with Crippen molar-refractivity contribution in [1.29, 1.82) is 0 Å². The molecule has 0 amide bonds. The Morgan fingerprint density at radius 3 is 1.69 bits per heavy atom.